The van der Waals surface area contributed by atoms with E-state index in [0.717, 1.165) is 61.5 Å². The van der Waals surface area contributed by atoms with Gasteiger partial charge in [-0.3, -0.25) is 4.98 Å². The van der Waals surface area contributed by atoms with Crippen molar-refractivity contribution in [2.45, 2.75) is 25.5 Å². The first-order valence-corrected chi connectivity index (χ1v) is 11.0. The maximum atomic E-state index is 9.48. The minimum absolute atomic E-state index is 0.314. The maximum Gasteiger partial charge on any atom is 0.123 e. The Labute approximate surface area is 182 Å². The molecule has 2 fully saturated rings. The predicted octanol–water partition coefficient (Wildman–Crippen LogP) is 3.09. The highest BCUT2D eigenvalue weighted by Gasteiger charge is 2.36. The Kier molecular flexibility index (Phi) is 4.25. The van der Waals surface area contributed by atoms with Crippen LogP contribution in [0, 0.1) is 11.3 Å². The van der Waals surface area contributed by atoms with E-state index >= 15 is 0 Å². The van der Waals surface area contributed by atoms with Crippen molar-refractivity contribution in [2.24, 2.45) is 0 Å². The molecule has 0 bridgehead atoms. The number of nitrogens with zero attached hydrogens (tertiary/aromatic N) is 4. The average molecular weight is 412 g/mol. The summed E-state index contributed by atoms with van der Waals surface area (Å²) in [4.78, 5) is 9.51. The summed E-state index contributed by atoms with van der Waals surface area (Å²) in [6.07, 6.45) is 7.50. The fraction of sp³-hybridized carbons (Fsp3) is 0.360. The molecule has 1 N–H and O–H groups in total. The maximum absolute atomic E-state index is 9.48. The van der Waals surface area contributed by atoms with Gasteiger partial charge in [-0.05, 0) is 60.9 Å². The van der Waals surface area contributed by atoms with E-state index in [0.29, 0.717) is 17.7 Å². The van der Waals surface area contributed by atoms with Crippen LogP contribution < -0.4 is 10.2 Å². The van der Waals surface area contributed by atoms with Crippen LogP contribution in [-0.2, 0) is 4.74 Å². The van der Waals surface area contributed by atoms with Crippen LogP contribution >= 0.6 is 0 Å². The minimum Gasteiger partial charge on any atom is -0.488 e. The fourth-order valence-electron chi connectivity index (χ4n) is 5.15. The number of nitriles is 1. The van der Waals surface area contributed by atoms with Gasteiger partial charge in [0, 0.05) is 55.2 Å². The molecule has 4 aliphatic rings. The number of hydrogen-bond acceptors (Lipinski definition) is 6. The van der Waals surface area contributed by atoms with E-state index in [1.54, 1.807) is 6.20 Å². The Bertz CT molecular complexity index is 1200. The van der Waals surface area contributed by atoms with E-state index in [1.165, 1.54) is 16.8 Å². The Balaban J connectivity index is 1.33. The van der Waals surface area contributed by atoms with Crippen molar-refractivity contribution in [3.63, 3.8) is 0 Å². The number of aromatic nitrogens is 1. The number of fused-ring (bicyclic) bond motifs is 3. The Morgan fingerprint density at radius 2 is 2.13 bits per heavy atom. The summed E-state index contributed by atoms with van der Waals surface area (Å²) in [6.45, 7) is 6.99. The first kappa shape index (κ1) is 18.5. The van der Waals surface area contributed by atoms with Crippen LogP contribution in [0.2, 0.25) is 0 Å². The van der Waals surface area contributed by atoms with E-state index in [4.69, 9.17) is 4.74 Å². The third kappa shape index (κ3) is 3.00. The minimum atomic E-state index is 0.314. The van der Waals surface area contributed by atoms with Crippen molar-refractivity contribution in [3.05, 3.63) is 70.8 Å². The van der Waals surface area contributed by atoms with Crippen molar-refractivity contribution < 1.29 is 4.74 Å². The van der Waals surface area contributed by atoms with Gasteiger partial charge in [0.1, 0.15) is 17.9 Å². The second-order valence-corrected chi connectivity index (χ2v) is 8.80. The molecule has 31 heavy (non-hydrogen) atoms. The van der Waals surface area contributed by atoms with E-state index in [1.807, 2.05) is 12.1 Å². The molecule has 156 valence electrons. The van der Waals surface area contributed by atoms with Gasteiger partial charge in [-0.15, -0.1) is 0 Å². The zero-order chi connectivity index (χ0) is 20.9. The monoisotopic (exact) mass is 411 g/mol. The fourth-order valence-corrected chi connectivity index (χ4v) is 5.15. The number of allylic oxidation sites excluding steroid dienone is 2. The third-order valence-electron chi connectivity index (χ3n) is 6.86. The summed E-state index contributed by atoms with van der Waals surface area (Å²) in [6, 6.07) is 10.7. The average Bonchev–Trinajstić information content (AvgIpc) is 3.14. The summed E-state index contributed by atoms with van der Waals surface area (Å²) in [5.41, 5.74) is 6.85. The van der Waals surface area contributed by atoms with Crippen molar-refractivity contribution in [3.8, 4) is 6.07 Å². The van der Waals surface area contributed by atoms with E-state index in [-0.39, 0.29) is 0 Å². The first-order valence-electron chi connectivity index (χ1n) is 11.0. The first-order chi connectivity index (χ1) is 15.2. The molecule has 0 amide bonds. The molecule has 3 aliphatic heterocycles. The number of pyridine rings is 1. The lowest BCUT2D eigenvalue weighted by atomic mass is 9.97. The number of hydrogen-bond donors (Lipinski definition) is 1. The largest absolute Gasteiger partial charge is 0.488 e. The van der Waals surface area contributed by atoms with Crippen LogP contribution in [0.4, 0.5) is 5.69 Å². The molecule has 4 heterocycles. The van der Waals surface area contributed by atoms with Gasteiger partial charge < -0.3 is 19.9 Å². The SMILES string of the molecule is C[C@@H]1CN(c2ccc(C#N)c3ncccc23)CC2=C3CC=C(OC4CNC4)C=C3CN21. The number of rotatable bonds is 3. The summed E-state index contributed by atoms with van der Waals surface area (Å²) in [5, 5.41) is 13.8. The number of anilines is 1. The van der Waals surface area contributed by atoms with Crippen LogP contribution in [0.25, 0.3) is 10.9 Å². The quantitative estimate of drug-likeness (QED) is 0.838. The molecule has 2 aromatic rings. The molecule has 6 heteroatoms. The second-order valence-electron chi connectivity index (χ2n) is 8.80. The Morgan fingerprint density at radius 1 is 1.23 bits per heavy atom. The Hall–Kier alpha value is -3.30. The second kappa shape index (κ2) is 7.14. The zero-order valence-corrected chi connectivity index (χ0v) is 17.6. The lowest BCUT2D eigenvalue weighted by molar-refractivity contribution is 0.0777. The molecular formula is C25H25N5O. The Morgan fingerprint density at radius 3 is 2.94 bits per heavy atom. The third-order valence-corrected chi connectivity index (χ3v) is 6.86. The highest BCUT2D eigenvalue weighted by atomic mass is 16.5. The molecule has 0 saturated carbocycles. The normalized spacial score (nSPS) is 23.0. The number of ether oxygens (including phenoxy) is 1. The molecule has 6 rings (SSSR count). The van der Waals surface area contributed by atoms with Gasteiger partial charge in [-0.25, -0.2) is 0 Å². The molecule has 1 aromatic heterocycles. The van der Waals surface area contributed by atoms with Crippen molar-refractivity contribution in [1.82, 2.24) is 15.2 Å². The number of benzene rings is 1. The summed E-state index contributed by atoms with van der Waals surface area (Å²) in [7, 11) is 0. The predicted molar refractivity (Wildman–Crippen MR) is 120 cm³/mol. The molecule has 0 unspecified atom stereocenters. The smallest absolute Gasteiger partial charge is 0.123 e. The lowest BCUT2D eigenvalue weighted by Gasteiger charge is -2.42. The highest BCUT2D eigenvalue weighted by molar-refractivity contribution is 5.95. The topological polar surface area (TPSA) is 64.4 Å². The van der Waals surface area contributed by atoms with Gasteiger partial charge in [0.05, 0.1) is 17.6 Å². The van der Waals surface area contributed by atoms with Crippen molar-refractivity contribution >= 4 is 16.6 Å². The molecule has 0 radical (unpaired) electrons. The van der Waals surface area contributed by atoms with E-state index in [2.05, 4.69) is 57.4 Å². The number of nitrogens with one attached hydrogen (secondary N) is 1. The molecule has 1 atom stereocenters. The van der Waals surface area contributed by atoms with Gasteiger partial charge in [-0.1, -0.05) is 0 Å². The summed E-state index contributed by atoms with van der Waals surface area (Å²) in [5.74, 6) is 1.03. The van der Waals surface area contributed by atoms with Crippen LogP contribution in [-0.4, -0.2) is 54.8 Å². The van der Waals surface area contributed by atoms with E-state index in [9.17, 15) is 5.26 Å². The van der Waals surface area contributed by atoms with Gasteiger partial charge in [0.25, 0.3) is 0 Å². The van der Waals surface area contributed by atoms with Gasteiger partial charge in [-0.2, -0.15) is 5.26 Å². The molecular weight excluding hydrogens is 386 g/mol. The van der Waals surface area contributed by atoms with Crippen molar-refractivity contribution in [1.29, 1.82) is 5.26 Å². The van der Waals surface area contributed by atoms with E-state index < -0.39 is 0 Å². The number of piperazine rings is 1. The summed E-state index contributed by atoms with van der Waals surface area (Å²) < 4.78 is 6.11. The van der Waals surface area contributed by atoms with Crippen LogP contribution in [0.5, 0.6) is 0 Å². The van der Waals surface area contributed by atoms with Crippen LogP contribution in [0.3, 0.4) is 0 Å². The molecule has 2 saturated heterocycles. The van der Waals surface area contributed by atoms with Gasteiger partial charge in [0.15, 0.2) is 0 Å². The lowest BCUT2D eigenvalue weighted by Crippen LogP contribution is -2.49. The van der Waals surface area contributed by atoms with Gasteiger partial charge in [0.2, 0.25) is 0 Å². The van der Waals surface area contributed by atoms with Crippen LogP contribution in [0.15, 0.2) is 65.2 Å². The molecule has 0 spiro atoms. The standard InChI is InChI=1S/C25H25N5O/c1-16-13-29(23-7-4-17(10-26)25-22(23)3-2-8-28-25)15-24-21-6-5-19(31-20-11-27-12-20)9-18(21)14-30(16)24/h2-5,7-9,16,20,27H,6,11-15H2,1H3/t16-/m1/s1. The molecule has 1 aliphatic carbocycles. The van der Waals surface area contributed by atoms with Gasteiger partial charge >= 0.3 is 0 Å². The summed E-state index contributed by atoms with van der Waals surface area (Å²) >= 11 is 0. The van der Waals surface area contributed by atoms with Crippen LogP contribution in [0.1, 0.15) is 18.9 Å². The van der Waals surface area contributed by atoms with Crippen molar-refractivity contribution in [2.75, 3.05) is 37.6 Å². The molecule has 1 aromatic carbocycles. The highest BCUT2D eigenvalue weighted by Crippen LogP contribution is 2.40. The molecule has 6 nitrogen and oxygen atoms in total. The zero-order valence-electron chi connectivity index (χ0n) is 17.6.